The fraction of sp³-hybridized carbons (Fsp3) is 0.500. The van der Waals surface area contributed by atoms with Gasteiger partial charge in [-0.3, -0.25) is 14.4 Å². The van der Waals surface area contributed by atoms with Gasteiger partial charge in [0, 0.05) is 13.1 Å². The summed E-state index contributed by atoms with van der Waals surface area (Å²) in [4.78, 5) is 38.2. The van der Waals surface area contributed by atoms with Crippen molar-refractivity contribution in [1.29, 1.82) is 0 Å². The van der Waals surface area contributed by atoms with Crippen LogP contribution in [0.4, 0.5) is 0 Å². The van der Waals surface area contributed by atoms with Crippen LogP contribution in [-0.4, -0.2) is 47.9 Å². The van der Waals surface area contributed by atoms with Crippen LogP contribution in [0.1, 0.15) is 32.3 Å². The third-order valence-electron chi connectivity index (χ3n) is 4.12. The third-order valence-corrected chi connectivity index (χ3v) is 4.12. The predicted molar refractivity (Wildman–Crippen MR) is 89.1 cm³/mol. The Morgan fingerprint density at radius 3 is 2.71 bits per heavy atom. The van der Waals surface area contributed by atoms with Crippen molar-refractivity contribution in [2.45, 2.75) is 45.3 Å². The van der Waals surface area contributed by atoms with Crippen LogP contribution in [0.5, 0.6) is 0 Å². The molecular weight excluding hydrogens is 308 g/mol. The SMILES string of the molecule is CCC(C)OC(=O)CC1C(=O)NCCN1C(=O)Cc1ccccc1. The number of carbonyl (C=O) groups is 3. The molecule has 1 aromatic rings. The summed E-state index contributed by atoms with van der Waals surface area (Å²) in [6, 6.07) is 8.56. The highest BCUT2D eigenvalue weighted by molar-refractivity contribution is 5.92. The first-order valence-corrected chi connectivity index (χ1v) is 8.31. The van der Waals surface area contributed by atoms with Crippen LogP contribution in [0.2, 0.25) is 0 Å². The minimum atomic E-state index is -0.800. The number of hydrogen-bond donors (Lipinski definition) is 1. The van der Waals surface area contributed by atoms with Crippen molar-refractivity contribution in [3.05, 3.63) is 35.9 Å². The van der Waals surface area contributed by atoms with E-state index in [0.717, 1.165) is 5.56 Å². The summed E-state index contributed by atoms with van der Waals surface area (Å²) in [5, 5.41) is 2.71. The van der Waals surface area contributed by atoms with Crippen LogP contribution in [0.3, 0.4) is 0 Å². The summed E-state index contributed by atoms with van der Waals surface area (Å²) in [6.45, 7) is 4.52. The van der Waals surface area contributed by atoms with Crippen molar-refractivity contribution in [1.82, 2.24) is 10.2 Å². The van der Waals surface area contributed by atoms with Crippen LogP contribution in [0, 0.1) is 0 Å². The molecule has 0 aliphatic carbocycles. The van der Waals surface area contributed by atoms with Crippen LogP contribution in [-0.2, 0) is 25.5 Å². The monoisotopic (exact) mass is 332 g/mol. The highest BCUT2D eigenvalue weighted by Crippen LogP contribution is 2.14. The second kappa shape index (κ2) is 8.47. The molecule has 24 heavy (non-hydrogen) atoms. The molecule has 0 aromatic heterocycles. The van der Waals surface area contributed by atoms with Gasteiger partial charge in [0.1, 0.15) is 6.04 Å². The lowest BCUT2D eigenvalue weighted by Crippen LogP contribution is -2.58. The number of esters is 1. The molecule has 2 unspecified atom stereocenters. The first kappa shape index (κ1) is 18.0. The smallest absolute Gasteiger partial charge is 0.308 e. The minimum Gasteiger partial charge on any atom is -0.463 e. The Bertz CT molecular complexity index is 588. The Morgan fingerprint density at radius 1 is 1.33 bits per heavy atom. The van der Waals surface area contributed by atoms with Crippen molar-refractivity contribution in [2.24, 2.45) is 0 Å². The Balaban J connectivity index is 2.03. The molecule has 2 atom stereocenters. The number of hydrogen-bond acceptors (Lipinski definition) is 4. The molecule has 0 spiro atoms. The maximum Gasteiger partial charge on any atom is 0.308 e. The first-order chi connectivity index (χ1) is 11.5. The van der Waals surface area contributed by atoms with E-state index >= 15 is 0 Å². The summed E-state index contributed by atoms with van der Waals surface area (Å²) < 4.78 is 5.24. The van der Waals surface area contributed by atoms with Crippen LogP contribution >= 0.6 is 0 Å². The van der Waals surface area contributed by atoms with Crippen molar-refractivity contribution < 1.29 is 19.1 Å². The number of benzene rings is 1. The molecule has 0 bridgehead atoms. The molecule has 1 aliphatic rings. The van der Waals surface area contributed by atoms with Gasteiger partial charge in [0.15, 0.2) is 0 Å². The number of carbonyl (C=O) groups excluding carboxylic acids is 3. The number of nitrogens with zero attached hydrogens (tertiary/aromatic N) is 1. The van der Waals surface area contributed by atoms with Gasteiger partial charge in [0.25, 0.3) is 0 Å². The third kappa shape index (κ3) is 4.81. The summed E-state index contributed by atoms with van der Waals surface area (Å²) in [7, 11) is 0. The van der Waals surface area contributed by atoms with E-state index in [1.165, 1.54) is 4.90 Å². The lowest BCUT2D eigenvalue weighted by molar-refractivity contribution is -0.154. The second-order valence-electron chi connectivity index (χ2n) is 5.97. The van der Waals surface area contributed by atoms with E-state index in [9.17, 15) is 14.4 Å². The minimum absolute atomic E-state index is 0.114. The molecule has 1 saturated heterocycles. The van der Waals surface area contributed by atoms with Crippen LogP contribution in [0.15, 0.2) is 30.3 Å². The Kier molecular flexibility index (Phi) is 6.35. The van der Waals surface area contributed by atoms with E-state index in [2.05, 4.69) is 5.32 Å². The van der Waals surface area contributed by atoms with Gasteiger partial charge >= 0.3 is 5.97 Å². The molecule has 1 N–H and O–H groups in total. The van der Waals surface area contributed by atoms with E-state index in [0.29, 0.717) is 19.5 Å². The lowest BCUT2D eigenvalue weighted by atomic mass is 10.1. The quantitative estimate of drug-likeness (QED) is 0.797. The van der Waals surface area contributed by atoms with Gasteiger partial charge in [0.05, 0.1) is 18.9 Å². The number of ether oxygens (including phenoxy) is 1. The number of nitrogens with one attached hydrogen (secondary N) is 1. The summed E-state index contributed by atoms with van der Waals surface area (Å²) in [6.07, 6.45) is 0.610. The van der Waals surface area contributed by atoms with E-state index in [1.54, 1.807) is 6.92 Å². The number of rotatable bonds is 6. The Hall–Kier alpha value is -2.37. The average molecular weight is 332 g/mol. The molecule has 2 rings (SSSR count). The average Bonchev–Trinajstić information content (AvgIpc) is 2.57. The molecule has 1 heterocycles. The van der Waals surface area contributed by atoms with Gasteiger partial charge in [-0.25, -0.2) is 0 Å². The Labute approximate surface area is 142 Å². The number of piperazine rings is 1. The molecule has 1 aliphatic heterocycles. The van der Waals surface area contributed by atoms with Crippen molar-refractivity contribution in [3.8, 4) is 0 Å². The zero-order chi connectivity index (χ0) is 17.5. The zero-order valence-corrected chi connectivity index (χ0v) is 14.2. The standard InChI is InChI=1S/C18H24N2O4/c1-3-13(2)24-17(22)12-15-18(23)19-9-10-20(15)16(21)11-14-7-5-4-6-8-14/h4-8,13,15H,3,9-12H2,1-2H3,(H,19,23). The first-order valence-electron chi connectivity index (χ1n) is 8.31. The van der Waals surface area contributed by atoms with Gasteiger partial charge < -0.3 is 15.0 Å². The van der Waals surface area contributed by atoms with Gasteiger partial charge in [-0.1, -0.05) is 37.3 Å². The molecule has 1 aromatic carbocycles. The molecular formula is C18H24N2O4. The van der Waals surface area contributed by atoms with Crippen molar-refractivity contribution in [2.75, 3.05) is 13.1 Å². The highest BCUT2D eigenvalue weighted by Gasteiger charge is 2.35. The van der Waals surface area contributed by atoms with E-state index in [4.69, 9.17) is 4.74 Å². The molecule has 6 nitrogen and oxygen atoms in total. The molecule has 2 amide bonds. The van der Waals surface area contributed by atoms with Gasteiger partial charge in [-0.05, 0) is 18.9 Å². The van der Waals surface area contributed by atoms with E-state index in [1.807, 2.05) is 37.3 Å². The highest BCUT2D eigenvalue weighted by atomic mass is 16.5. The number of amides is 2. The maximum absolute atomic E-state index is 12.6. The lowest BCUT2D eigenvalue weighted by Gasteiger charge is -2.34. The van der Waals surface area contributed by atoms with Crippen molar-refractivity contribution in [3.63, 3.8) is 0 Å². The summed E-state index contributed by atoms with van der Waals surface area (Å²) in [5.41, 5.74) is 0.884. The van der Waals surface area contributed by atoms with Crippen molar-refractivity contribution >= 4 is 17.8 Å². The summed E-state index contributed by atoms with van der Waals surface area (Å²) >= 11 is 0. The fourth-order valence-electron chi connectivity index (χ4n) is 2.60. The van der Waals surface area contributed by atoms with Gasteiger partial charge in [-0.15, -0.1) is 0 Å². The Morgan fingerprint density at radius 2 is 2.04 bits per heavy atom. The molecule has 130 valence electrons. The zero-order valence-electron chi connectivity index (χ0n) is 14.2. The summed E-state index contributed by atoms with van der Waals surface area (Å²) in [5.74, 6) is -0.912. The second-order valence-corrected chi connectivity index (χ2v) is 5.97. The van der Waals surface area contributed by atoms with E-state index < -0.39 is 12.0 Å². The fourth-order valence-corrected chi connectivity index (χ4v) is 2.60. The topological polar surface area (TPSA) is 75.7 Å². The van der Waals surface area contributed by atoms with Gasteiger partial charge in [-0.2, -0.15) is 0 Å². The molecule has 0 saturated carbocycles. The van der Waals surface area contributed by atoms with Crippen LogP contribution < -0.4 is 5.32 Å². The van der Waals surface area contributed by atoms with E-state index in [-0.39, 0.29) is 30.8 Å². The largest absolute Gasteiger partial charge is 0.463 e. The normalized spacial score (nSPS) is 18.7. The molecule has 0 radical (unpaired) electrons. The predicted octanol–water partition coefficient (Wildman–Crippen LogP) is 1.29. The molecule has 6 heteroatoms. The molecule has 1 fully saturated rings. The van der Waals surface area contributed by atoms with Gasteiger partial charge in [0.2, 0.25) is 11.8 Å². The van der Waals surface area contributed by atoms with Crippen LogP contribution in [0.25, 0.3) is 0 Å². The maximum atomic E-state index is 12.6.